The Balaban J connectivity index is 2.45. The fraction of sp³-hybridized carbons (Fsp3) is 1.00. The molecule has 1 unspecified atom stereocenters. The van der Waals surface area contributed by atoms with Crippen molar-refractivity contribution < 1.29 is 18.7 Å². The van der Waals surface area contributed by atoms with Gasteiger partial charge >= 0.3 is 7.60 Å². The highest BCUT2D eigenvalue weighted by Gasteiger charge is 2.31. The van der Waals surface area contributed by atoms with Crippen molar-refractivity contribution in [1.29, 1.82) is 0 Å². The highest BCUT2D eigenvalue weighted by molar-refractivity contribution is 7.53. The van der Waals surface area contributed by atoms with Crippen LogP contribution in [0.15, 0.2) is 0 Å². The number of aliphatic hydroxyl groups is 1. The summed E-state index contributed by atoms with van der Waals surface area (Å²) in [5.41, 5.74) is 0. The highest BCUT2D eigenvalue weighted by atomic mass is 31.2. The maximum Gasteiger partial charge on any atom is 0.332 e. The monoisotopic (exact) mass is 236 g/mol. The Kier molecular flexibility index (Phi) is 5.27. The second-order valence-corrected chi connectivity index (χ2v) is 6.44. The molecule has 15 heavy (non-hydrogen) atoms. The van der Waals surface area contributed by atoms with Crippen LogP contribution in [0.25, 0.3) is 0 Å². The van der Waals surface area contributed by atoms with E-state index in [9.17, 15) is 9.67 Å². The first-order valence-electron chi connectivity index (χ1n) is 5.50. The largest absolute Gasteiger partial charge is 0.392 e. The summed E-state index contributed by atoms with van der Waals surface area (Å²) in [6.45, 7) is 0. The highest BCUT2D eigenvalue weighted by Crippen LogP contribution is 2.48. The van der Waals surface area contributed by atoms with Gasteiger partial charge in [-0.2, -0.15) is 0 Å². The number of rotatable bonds is 5. The van der Waals surface area contributed by atoms with Crippen molar-refractivity contribution in [1.82, 2.24) is 0 Å². The van der Waals surface area contributed by atoms with Crippen LogP contribution in [-0.4, -0.2) is 31.6 Å². The van der Waals surface area contributed by atoms with Gasteiger partial charge in [-0.15, -0.1) is 0 Å². The van der Waals surface area contributed by atoms with E-state index < -0.39 is 13.7 Å². The minimum atomic E-state index is -3.05. The SMILES string of the molecule is COP(=O)(CC(O)C1CCCCC1)OC. The molecular formula is C10H21O4P. The first kappa shape index (κ1) is 13.2. The Hall–Kier alpha value is 0.110. The van der Waals surface area contributed by atoms with E-state index in [4.69, 9.17) is 9.05 Å². The third-order valence-electron chi connectivity index (χ3n) is 3.16. The lowest BCUT2D eigenvalue weighted by atomic mass is 9.86. The smallest absolute Gasteiger partial charge is 0.332 e. The third kappa shape index (κ3) is 3.87. The summed E-state index contributed by atoms with van der Waals surface area (Å²) in [4.78, 5) is 0. The predicted octanol–water partition coefficient (Wildman–Crippen LogP) is 2.41. The molecule has 0 aliphatic heterocycles. The Morgan fingerprint density at radius 2 is 1.80 bits per heavy atom. The zero-order valence-corrected chi connectivity index (χ0v) is 10.4. The lowest BCUT2D eigenvalue weighted by molar-refractivity contribution is 0.0965. The van der Waals surface area contributed by atoms with E-state index in [2.05, 4.69) is 0 Å². The van der Waals surface area contributed by atoms with Gasteiger partial charge in [0.05, 0.1) is 12.3 Å². The molecule has 0 aromatic rings. The molecule has 1 rings (SSSR count). The molecule has 0 bridgehead atoms. The van der Waals surface area contributed by atoms with E-state index in [-0.39, 0.29) is 12.1 Å². The van der Waals surface area contributed by atoms with Gasteiger partial charge in [0.1, 0.15) is 0 Å². The summed E-state index contributed by atoms with van der Waals surface area (Å²) in [5, 5.41) is 9.94. The van der Waals surface area contributed by atoms with Gasteiger partial charge in [-0.05, 0) is 18.8 Å². The summed E-state index contributed by atoms with van der Waals surface area (Å²) in [7, 11) is -0.336. The predicted molar refractivity (Wildman–Crippen MR) is 59.1 cm³/mol. The summed E-state index contributed by atoms with van der Waals surface area (Å²) >= 11 is 0. The molecule has 1 aliphatic rings. The van der Waals surface area contributed by atoms with Crippen LogP contribution >= 0.6 is 7.60 Å². The molecule has 0 saturated heterocycles. The van der Waals surface area contributed by atoms with Gasteiger partial charge in [-0.25, -0.2) is 0 Å². The Morgan fingerprint density at radius 3 is 2.27 bits per heavy atom. The standard InChI is InChI=1S/C10H21O4P/c1-13-15(12,14-2)8-10(11)9-6-4-3-5-7-9/h9-11H,3-8H2,1-2H3. The van der Waals surface area contributed by atoms with E-state index in [1.54, 1.807) is 0 Å². The maximum absolute atomic E-state index is 11.8. The zero-order valence-electron chi connectivity index (χ0n) is 9.52. The zero-order chi connectivity index (χ0) is 11.3. The second kappa shape index (κ2) is 6.00. The van der Waals surface area contributed by atoms with E-state index in [1.807, 2.05) is 0 Å². The van der Waals surface area contributed by atoms with E-state index in [1.165, 1.54) is 20.6 Å². The molecule has 0 amide bonds. The molecular weight excluding hydrogens is 215 g/mol. The fourth-order valence-corrected chi connectivity index (χ4v) is 3.32. The van der Waals surface area contributed by atoms with Gasteiger partial charge in [0, 0.05) is 14.2 Å². The van der Waals surface area contributed by atoms with Crippen LogP contribution in [0.5, 0.6) is 0 Å². The van der Waals surface area contributed by atoms with Crippen LogP contribution in [0.4, 0.5) is 0 Å². The first-order chi connectivity index (χ1) is 7.11. The van der Waals surface area contributed by atoms with Crippen LogP contribution in [-0.2, 0) is 13.6 Å². The lowest BCUT2D eigenvalue weighted by Crippen LogP contribution is -2.26. The van der Waals surface area contributed by atoms with Crippen LogP contribution in [0.1, 0.15) is 32.1 Å². The fourth-order valence-electron chi connectivity index (χ4n) is 2.12. The molecule has 0 radical (unpaired) electrons. The van der Waals surface area contributed by atoms with Crippen molar-refractivity contribution in [3.8, 4) is 0 Å². The third-order valence-corrected chi connectivity index (χ3v) is 5.10. The summed E-state index contributed by atoms with van der Waals surface area (Å²) in [6, 6.07) is 0. The quantitative estimate of drug-likeness (QED) is 0.745. The van der Waals surface area contributed by atoms with Crippen molar-refractivity contribution in [3.05, 3.63) is 0 Å². The normalized spacial score (nSPS) is 21.5. The minimum Gasteiger partial charge on any atom is -0.392 e. The van der Waals surface area contributed by atoms with Crippen molar-refractivity contribution in [2.45, 2.75) is 38.2 Å². The molecule has 1 aliphatic carbocycles. The molecule has 0 heterocycles. The molecule has 90 valence electrons. The Bertz CT molecular complexity index is 217. The van der Waals surface area contributed by atoms with Crippen molar-refractivity contribution in [2.75, 3.05) is 20.4 Å². The van der Waals surface area contributed by atoms with Crippen molar-refractivity contribution in [2.24, 2.45) is 5.92 Å². The maximum atomic E-state index is 11.8. The summed E-state index contributed by atoms with van der Waals surface area (Å²) in [6.07, 6.45) is 5.16. The van der Waals surface area contributed by atoms with E-state index in [0.717, 1.165) is 25.7 Å². The molecule has 1 saturated carbocycles. The van der Waals surface area contributed by atoms with Gasteiger partial charge in [0.15, 0.2) is 0 Å². The van der Waals surface area contributed by atoms with Gasteiger partial charge in [-0.3, -0.25) is 4.57 Å². The minimum absolute atomic E-state index is 0.116. The van der Waals surface area contributed by atoms with Crippen LogP contribution in [0, 0.1) is 5.92 Å². The molecule has 1 N–H and O–H groups in total. The van der Waals surface area contributed by atoms with Crippen molar-refractivity contribution >= 4 is 7.60 Å². The van der Waals surface area contributed by atoms with Crippen LogP contribution in [0.3, 0.4) is 0 Å². The Morgan fingerprint density at radius 1 is 1.27 bits per heavy atom. The average Bonchev–Trinajstić information content (AvgIpc) is 2.30. The Labute approximate surface area is 91.5 Å². The molecule has 0 spiro atoms. The first-order valence-corrected chi connectivity index (χ1v) is 7.22. The number of aliphatic hydroxyl groups excluding tert-OH is 1. The topological polar surface area (TPSA) is 55.8 Å². The second-order valence-electron chi connectivity index (χ2n) is 4.12. The molecule has 5 heteroatoms. The van der Waals surface area contributed by atoms with Gasteiger partial charge in [0.2, 0.25) is 0 Å². The lowest BCUT2D eigenvalue weighted by Gasteiger charge is -2.28. The van der Waals surface area contributed by atoms with Gasteiger partial charge in [-0.1, -0.05) is 19.3 Å². The van der Waals surface area contributed by atoms with Gasteiger partial charge in [0.25, 0.3) is 0 Å². The van der Waals surface area contributed by atoms with Gasteiger partial charge < -0.3 is 14.2 Å². The van der Waals surface area contributed by atoms with Crippen LogP contribution in [0.2, 0.25) is 0 Å². The molecule has 0 aromatic carbocycles. The molecule has 1 fully saturated rings. The molecule has 4 nitrogen and oxygen atoms in total. The van der Waals surface area contributed by atoms with Crippen LogP contribution < -0.4 is 0 Å². The van der Waals surface area contributed by atoms with E-state index >= 15 is 0 Å². The summed E-state index contributed by atoms with van der Waals surface area (Å²) < 4.78 is 21.4. The van der Waals surface area contributed by atoms with Crippen molar-refractivity contribution in [3.63, 3.8) is 0 Å². The number of hydrogen-bond acceptors (Lipinski definition) is 4. The van der Waals surface area contributed by atoms with E-state index in [0.29, 0.717) is 0 Å². The molecule has 0 aromatic heterocycles. The summed E-state index contributed by atoms with van der Waals surface area (Å²) in [5.74, 6) is 0.261. The number of hydrogen-bond donors (Lipinski definition) is 1. The average molecular weight is 236 g/mol. The molecule has 1 atom stereocenters.